The molecule has 1 radical (unpaired) electrons. The van der Waals surface area contributed by atoms with Crippen LogP contribution in [-0.4, -0.2) is 9.52 Å². The molecular weight excluding hydrogens is 454 g/mol. The van der Waals surface area contributed by atoms with Gasteiger partial charge in [0.15, 0.2) is 0 Å². The van der Waals surface area contributed by atoms with E-state index in [-0.39, 0.29) is 51.0 Å². The summed E-state index contributed by atoms with van der Waals surface area (Å²) in [6, 6.07) is 16.0. The molecule has 2 aromatic carbocycles. The topological polar surface area (TPSA) is 0 Å². The standard InChI is InChI=1S/2C9H13.C4H11Si.2ClH.Zr/c2*1-3-8-6-5-7-9(8)4-2;1-3-5-4-2;;;/h2*5-7H,3-4H2,1-2H3;5H,3-4H2,1-2H3;2*1H;/q2*-1;;;;+4/p-2. The number of hydrogen-bond donors (Lipinski definition) is 0. The van der Waals surface area contributed by atoms with Crippen molar-refractivity contribution in [1.29, 1.82) is 0 Å². The molecule has 0 aromatic heterocycles. The summed E-state index contributed by atoms with van der Waals surface area (Å²) in [4.78, 5) is 0. The van der Waals surface area contributed by atoms with Gasteiger partial charge in [-0.1, -0.05) is 79.3 Å². The Bertz CT molecular complexity index is 411. The summed E-state index contributed by atoms with van der Waals surface area (Å²) in [5, 5.41) is 0. The van der Waals surface area contributed by atoms with Crippen LogP contribution in [0.1, 0.15) is 63.8 Å². The van der Waals surface area contributed by atoms with Gasteiger partial charge in [-0.25, -0.2) is 24.3 Å². The van der Waals surface area contributed by atoms with E-state index in [1.54, 1.807) is 0 Å². The Morgan fingerprint density at radius 2 is 1.04 bits per heavy atom. The van der Waals surface area contributed by atoms with Crippen molar-refractivity contribution in [3.63, 3.8) is 0 Å². The zero-order chi connectivity index (χ0) is 17.5. The summed E-state index contributed by atoms with van der Waals surface area (Å²) >= 11 is 0. The number of aryl methyl sites for hydroxylation is 4. The Kier molecular flexibility index (Phi) is 30.6. The molecule has 0 aliphatic heterocycles. The predicted molar refractivity (Wildman–Crippen MR) is 110 cm³/mol. The summed E-state index contributed by atoms with van der Waals surface area (Å²) in [7, 11) is 0.815. The molecule has 2 aromatic rings. The molecule has 0 atom stereocenters. The van der Waals surface area contributed by atoms with Gasteiger partial charge < -0.3 is 24.8 Å². The van der Waals surface area contributed by atoms with E-state index in [2.05, 4.69) is 77.9 Å². The van der Waals surface area contributed by atoms with Crippen molar-refractivity contribution in [2.24, 2.45) is 0 Å². The van der Waals surface area contributed by atoms with E-state index in [0.29, 0.717) is 0 Å². The van der Waals surface area contributed by atoms with Gasteiger partial charge in [0.1, 0.15) is 0 Å². The van der Waals surface area contributed by atoms with E-state index in [9.17, 15) is 0 Å². The maximum Gasteiger partial charge on any atom is 4.00 e. The molecule has 0 heterocycles. The van der Waals surface area contributed by atoms with Gasteiger partial charge in [0.05, 0.1) is 0 Å². The van der Waals surface area contributed by atoms with Crippen LogP contribution in [0, 0.1) is 0 Å². The van der Waals surface area contributed by atoms with E-state index >= 15 is 0 Å². The zero-order valence-corrected chi connectivity index (χ0v) is 22.7. The maximum absolute atomic E-state index is 2.25. The molecule has 0 aliphatic rings. The average Bonchev–Trinajstić information content (AvgIpc) is 3.24. The van der Waals surface area contributed by atoms with Crippen LogP contribution in [0.25, 0.3) is 0 Å². The zero-order valence-electron chi connectivity index (χ0n) is 17.5. The Morgan fingerprint density at radius 3 is 1.19 bits per heavy atom. The largest absolute Gasteiger partial charge is 4.00 e. The summed E-state index contributed by atoms with van der Waals surface area (Å²) in [6.07, 6.45) is 4.71. The van der Waals surface area contributed by atoms with Crippen LogP contribution in [0.2, 0.25) is 12.1 Å². The van der Waals surface area contributed by atoms with Crippen LogP contribution >= 0.6 is 0 Å². The van der Waals surface area contributed by atoms with Crippen molar-refractivity contribution in [1.82, 2.24) is 0 Å². The molecule has 26 heavy (non-hydrogen) atoms. The van der Waals surface area contributed by atoms with E-state index in [1.165, 1.54) is 60.0 Å². The Balaban J connectivity index is -0.000000137. The van der Waals surface area contributed by atoms with Crippen LogP contribution in [0.4, 0.5) is 0 Å². The van der Waals surface area contributed by atoms with Crippen LogP contribution < -0.4 is 24.8 Å². The van der Waals surface area contributed by atoms with Gasteiger partial charge in [0.25, 0.3) is 0 Å². The van der Waals surface area contributed by atoms with E-state index in [4.69, 9.17) is 0 Å². The average molecular weight is 492 g/mol. The van der Waals surface area contributed by atoms with E-state index in [1.807, 2.05) is 0 Å². The number of hydrogen-bond acceptors (Lipinski definition) is 0. The van der Waals surface area contributed by atoms with Gasteiger partial charge in [0, 0.05) is 9.52 Å². The second kappa shape index (κ2) is 23.4. The first-order valence-corrected chi connectivity index (χ1v) is 11.1. The molecule has 147 valence electrons. The van der Waals surface area contributed by atoms with Gasteiger partial charge in [-0.05, 0) is 0 Å². The predicted octanol–water partition coefficient (Wildman–Crippen LogP) is 0.365. The molecule has 2 rings (SSSR count). The Hall–Kier alpha value is 0.380. The van der Waals surface area contributed by atoms with Gasteiger partial charge >= 0.3 is 26.2 Å². The van der Waals surface area contributed by atoms with Crippen molar-refractivity contribution in [2.45, 2.75) is 79.3 Å². The van der Waals surface area contributed by atoms with Gasteiger partial charge in [-0.15, -0.1) is 0 Å². The van der Waals surface area contributed by atoms with Crippen molar-refractivity contribution in [2.75, 3.05) is 0 Å². The minimum Gasteiger partial charge on any atom is -1.00 e. The minimum atomic E-state index is 0. The third-order valence-electron chi connectivity index (χ3n) is 4.12. The third-order valence-corrected chi connectivity index (χ3v) is 5.27. The smallest absolute Gasteiger partial charge is 1.00 e. The summed E-state index contributed by atoms with van der Waals surface area (Å²) < 4.78 is 0. The van der Waals surface area contributed by atoms with Crippen LogP contribution in [0.5, 0.6) is 0 Å². The van der Waals surface area contributed by atoms with Crippen molar-refractivity contribution >= 4 is 9.52 Å². The van der Waals surface area contributed by atoms with E-state index in [0.717, 1.165) is 9.52 Å². The molecule has 0 unspecified atom stereocenters. The summed E-state index contributed by atoms with van der Waals surface area (Å²) in [6.45, 7) is 13.3. The van der Waals surface area contributed by atoms with Crippen molar-refractivity contribution in [3.05, 3.63) is 58.7 Å². The van der Waals surface area contributed by atoms with Gasteiger partial charge in [-0.2, -0.15) is 34.4 Å². The van der Waals surface area contributed by atoms with Crippen LogP contribution in [0.15, 0.2) is 36.4 Å². The van der Waals surface area contributed by atoms with E-state index < -0.39 is 0 Å². The third kappa shape index (κ3) is 14.4. The molecule has 0 saturated carbocycles. The Labute approximate surface area is 197 Å². The molecule has 0 aliphatic carbocycles. The molecule has 4 heteroatoms. The van der Waals surface area contributed by atoms with Crippen LogP contribution in [0.3, 0.4) is 0 Å². The first-order chi connectivity index (χ1) is 11.2. The molecule has 0 nitrogen and oxygen atoms in total. The monoisotopic (exact) mass is 489 g/mol. The summed E-state index contributed by atoms with van der Waals surface area (Å²) in [5.74, 6) is 0. The number of halogens is 2. The number of rotatable bonds is 6. The normalized spacial score (nSPS) is 8.54. The van der Waals surface area contributed by atoms with Gasteiger partial charge in [-0.3, -0.25) is 0 Å². The second-order valence-electron chi connectivity index (χ2n) is 5.67. The molecule has 0 spiro atoms. The first-order valence-electron chi connectivity index (χ1n) is 9.46. The van der Waals surface area contributed by atoms with Crippen molar-refractivity contribution < 1.29 is 51.0 Å². The SMILES string of the molecule is CC[SiH]CC.CCc1ccc[c-]1CC.CCc1ccc[c-]1CC.[Cl-].[Cl-].[Zr+4]. The van der Waals surface area contributed by atoms with Gasteiger partial charge in [0.2, 0.25) is 0 Å². The molecule has 0 amide bonds. The molecule has 0 saturated heterocycles. The first kappa shape index (κ1) is 33.9. The quantitative estimate of drug-likeness (QED) is 0.405. The summed E-state index contributed by atoms with van der Waals surface area (Å²) in [5.41, 5.74) is 6.05. The molecule has 0 N–H and O–H groups in total. The minimum absolute atomic E-state index is 0. The van der Waals surface area contributed by atoms with Crippen molar-refractivity contribution in [3.8, 4) is 0 Å². The van der Waals surface area contributed by atoms with Crippen LogP contribution in [-0.2, 0) is 51.9 Å². The fourth-order valence-corrected chi connectivity index (χ4v) is 3.23. The Morgan fingerprint density at radius 1 is 0.692 bits per heavy atom. The fourth-order valence-electron chi connectivity index (χ4n) is 2.66. The molecule has 0 bridgehead atoms. The second-order valence-corrected chi connectivity index (χ2v) is 7.88. The maximum atomic E-state index is 2.25. The molecular formula is C22H37Cl2SiZr. The fraction of sp³-hybridized carbons (Fsp3) is 0.545. The molecule has 0 fully saturated rings.